The van der Waals surface area contributed by atoms with Gasteiger partial charge in [-0.05, 0) is 61.0 Å². The monoisotopic (exact) mass is 409 g/mol. The first kappa shape index (κ1) is 19.0. The summed E-state index contributed by atoms with van der Waals surface area (Å²) < 4.78 is 40.0. The standard InChI is InChI=1S/C15H11Cl3FNO3S/c1-9(15(18)21)20(11-4-7-14(19)13(17)8-11)24(22,23)12-5-2-10(16)3-6-12/h2-9H,1H3. The van der Waals surface area contributed by atoms with Crippen molar-refractivity contribution in [2.24, 2.45) is 0 Å². The first-order chi connectivity index (χ1) is 11.1. The van der Waals surface area contributed by atoms with Crippen molar-refractivity contribution in [3.8, 4) is 0 Å². The van der Waals surface area contributed by atoms with Gasteiger partial charge in [0.25, 0.3) is 10.0 Å². The second-order valence-corrected chi connectivity index (χ2v) is 7.86. The fourth-order valence-electron chi connectivity index (χ4n) is 2.00. The molecule has 0 aliphatic rings. The number of anilines is 1. The van der Waals surface area contributed by atoms with E-state index in [1.807, 2.05) is 0 Å². The van der Waals surface area contributed by atoms with Crippen molar-refractivity contribution in [2.45, 2.75) is 17.9 Å². The Labute approximate surface area is 153 Å². The third-order valence-electron chi connectivity index (χ3n) is 3.21. The summed E-state index contributed by atoms with van der Waals surface area (Å²) in [5, 5.41) is -0.821. The zero-order valence-electron chi connectivity index (χ0n) is 12.2. The largest absolute Gasteiger partial charge is 0.279 e. The Balaban J connectivity index is 2.63. The minimum Gasteiger partial charge on any atom is -0.279 e. The predicted molar refractivity (Wildman–Crippen MR) is 92.8 cm³/mol. The SMILES string of the molecule is CC(C(=O)Cl)N(c1ccc(F)c(Cl)c1)S(=O)(=O)c1ccc(Cl)cc1. The van der Waals surface area contributed by atoms with Crippen LogP contribution in [0.25, 0.3) is 0 Å². The molecule has 0 N–H and O–H groups in total. The van der Waals surface area contributed by atoms with E-state index in [4.69, 9.17) is 34.8 Å². The molecule has 4 nitrogen and oxygen atoms in total. The van der Waals surface area contributed by atoms with Crippen LogP contribution in [-0.2, 0) is 14.8 Å². The first-order valence-corrected chi connectivity index (χ1v) is 9.16. The summed E-state index contributed by atoms with van der Waals surface area (Å²) in [5.41, 5.74) is 0.0119. The van der Waals surface area contributed by atoms with Crippen LogP contribution < -0.4 is 4.31 Å². The summed E-state index contributed by atoms with van der Waals surface area (Å²) in [7, 11) is -4.16. The highest BCUT2D eigenvalue weighted by Gasteiger charge is 2.33. The van der Waals surface area contributed by atoms with Crippen LogP contribution in [0.1, 0.15) is 6.92 Å². The Morgan fingerprint density at radius 1 is 1.12 bits per heavy atom. The van der Waals surface area contributed by atoms with E-state index in [0.717, 1.165) is 16.4 Å². The molecule has 0 saturated carbocycles. The number of benzene rings is 2. The molecule has 2 rings (SSSR count). The van der Waals surface area contributed by atoms with Gasteiger partial charge < -0.3 is 0 Å². The second-order valence-electron chi connectivity index (χ2n) is 4.83. The van der Waals surface area contributed by atoms with Crippen molar-refractivity contribution in [3.63, 3.8) is 0 Å². The van der Waals surface area contributed by atoms with Crippen molar-refractivity contribution in [2.75, 3.05) is 4.31 Å². The summed E-state index contributed by atoms with van der Waals surface area (Å²) >= 11 is 17.0. The molecular weight excluding hydrogens is 400 g/mol. The molecule has 2 aromatic rings. The summed E-state index contributed by atoms with van der Waals surface area (Å²) in [6.07, 6.45) is 0. The van der Waals surface area contributed by atoms with Crippen LogP contribution in [0.5, 0.6) is 0 Å². The molecule has 0 fully saturated rings. The molecule has 0 heterocycles. The smallest absolute Gasteiger partial charge is 0.265 e. The lowest BCUT2D eigenvalue weighted by molar-refractivity contribution is -0.112. The van der Waals surface area contributed by atoms with Crippen LogP contribution in [0.2, 0.25) is 10.0 Å². The van der Waals surface area contributed by atoms with Gasteiger partial charge >= 0.3 is 0 Å². The average molecular weight is 411 g/mol. The molecule has 128 valence electrons. The normalized spacial score (nSPS) is 12.7. The molecule has 0 saturated heterocycles. The zero-order chi connectivity index (χ0) is 18.1. The first-order valence-electron chi connectivity index (χ1n) is 6.59. The van der Waals surface area contributed by atoms with Gasteiger partial charge in [0.2, 0.25) is 5.24 Å². The number of carbonyl (C=O) groups is 1. The molecule has 1 unspecified atom stereocenters. The third kappa shape index (κ3) is 3.83. The molecule has 0 aromatic heterocycles. The van der Waals surface area contributed by atoms with Crippen molar-refractivity contribution < 1.29 is 17.6 Å². The van der Waals surface area contributed by atoms with Crippen molar-refractivity contribution in [1.82, 2.24) is 0 Å². The lowest BCUT2D eigenvalue weighted by atomic mass is 10.2. The Morgan fingerprint density at radius 2 is 1.71 bits per heavy atom. The van der Waals surface area contributed by atoms with Crippen molar-refractivity contribution in [3.05, 3.63) is 58.3 Å². The van der Waals surface area contributed by atoms with Crippen LogP contribution in [-0.4, -0.2) is 19.7 Å². The van der Waals surface area contributed by atoms with E-state index in [-0.39, 0.29) is 15.6 Å². The molecule has 0 amide bonds. The number of hydrogen-bond donors (Lipinski definition) is 0. The molecule has 24 heavy (non-hydrogen) atoms. The molecule has 2 aromatic carbocycles. The molecule has 0 bridgehead atoms. The van der Waals surface area contributed by atoms with E-state index in [2.05, 4.69) is 0 Å². The highest BCUT2D eigenvalue weighted by atomic mass is 35.5. The minimum absolute atomic E-state index is 0.0119. The van der Waals surface area contributed by atoms with Crippen LogP contribution in [0.15, 0.2) is 47.4 Å². The van der Waals surface area contributed by atoms with Gasteiger partial charge in [-0.25, -0.2) is 12.8 Å². The number of rotatable bonds is 5. The third-order valence-corrected chi connectivity index (χ3v) is 5.98. The Kier molecular flexibility index (Phi) is 5.75. The molecule has 1 atom stereocenters. The van der Waals surface area contributed by atoms with Crippen molar-refractivity contribution in [1.29, 1.82) is 0 Å². The van der Waals surface area contributed by atoms with Gasteiger partial charge in [0, 0.05) is 5.02 Å². The van der Waals surface area contributed by atoms with Gasteiger partial charge in [-0.1, -0.05) is 23.2 Å². The van der Waals surface area contributed by atoms with Gasteiger partial charge in [0.05, 0.1) is 15.6 Å². The molecule has 0 aliphatic heterocycles. The Morgan fingerprint density at radius 3 is 2.21 bits per heavy atom. The van der Waals surface area contributed by atoms with E-state index in [1.165, 1.54) is 37.3 Å². The lowest BCUT2D eigenvalue weighted by Gasteiger charge is -2.28. The fourth-order valence-corrected chi connectivity index (χ4v) is 4.07. The van der Waals surface area contributed by atoms with Gasteiger partial charge in [0.15, 0.2) is 0 Å². The maximum absolute atomic E-state index is 13.4. The topological polar surface area (TPSA) is 54.5 Å². The minimum atomic E-state index is -4.16. The molecule has 0 aliphatic carbocycles. The molecule has 9 heteroatoms. The quantitative estimate of drug-likeness (QED) is 0.683. The highest BCUT2D eigenvalue weighted by molar-refractivity contribution is 7.93. The molecule has 0 radical (unpaired) electrons. The number of carbonyl (C=O) groups excluding carboxylic acids is 1. The van der Waals surface area contributed by atoms with Crippen LogP contribution in [0, 0.1) is 5.82 Å². The van der Waals surface area contributed by atoms with Crippen molar-refractivity contribution >= 4 is 55.8 Å². The molecule has 0 spiro atoms. The average Bonchev–Trinajstić information content (AvgIpc) is 2.51. The summed E-state index contributed by atoms with van der Waals surface area (Å²) in [6.45, 7) is 1.32. The van der Waals surface area contributed by atoms with Crippen LogP contribution in [0.4, 0.5) is 10.1 Å². The van der Waals surface area contributed by atoms with Gasteiger partial charge in [-0.15, -0.1) is 0 Å². The fraction of sp³-hybridized carbons (Fsp3) is 0.133. The summed E-state index contributed by atoms with van der Waals surface area (Å²) in [4.78, 5) is 11.5. The summed E-state index contributed by atoms with van der Waals surface area (Å²) in [5.74, 6) is -0.714. The summed E-state index contributed by atoms with van der Waals surface area (Å²) in [6, 6.07) is 7.48. The number of sulfonamides is 1. The Bertz CT molecular complexity index is 872. The van der Waals surface area contributed by atoms with E-state index in [1.54, 1.807) is 0 Å². The maximum Gasteiger partial charge on any atom is 0.265 e. The van der Waals surface area contributed by atoms with E-state index >= 15 is 0 Å². The molecular formula is C15H11Cl3FNO3S. The van der Waals surface area contributed by atoms with E-state index in [0.29, 0.717) is 5.02 Å². The zero-order valence-corrected chi connectivity index (χ0v) is 15.3. The van der Waals surface area contributed by atoms with E-state index < -0.39 is 27.1 Å². The number of halogens is 4. The Hall–Kier alpha value is -1.34. The van der Waals surface area contributed by atoms with Gasteiger partial charge in [0.1, 0.15) is 11.9 Å². The number of nitrogens with zero attached hydrogens (tertiary/aromatic N) is 1. The van der Waals surface area contributed by atoms with Crippen LogP contribution >= 0.6 is 34.8 Å². The van der Waals surface area contributed by atoms with Crippen LogP contribution in [0.3, 0.4) is 0 Å². The lowest BCUT2D eigenvalue weighted by Crippen LogP contribution is -2.42. The predicted octanol–water partition coefficient (Wildman–Crippen LogP) is 4.48. The van der Waals surface area contributed by atoms with E-state index in [9.17, 15) is 17.6 Å². The number of hydrogen-bond acceptors (Lipinski definition) is 3. The van der Waals surface area contributed by atoms with Gasteiger partial charge in [-0.2, -0.15) is 0 Å². The second kappa shape index (κ2) is 7.27. The maximum atomic E-state index is 13.4. The van der Waals surface area contributed by atoms with Gasteiger partial charge in [-0.3, -0.25) is 9.10 Å². The highest BCUT2D eigenvalue weighted by Crippen LogP contribution is 2.30.